The average molecular weight is 332 g/mol. The van der Waals surface area contributed by atoms with Crippen LogP contribution in [0.15, 0.2) is 42.5 Å². The van der Waals surface area contributed by atoms with Crippen LogP contribution in [0.2, 0.25) is 0 Å². The van der Waals surface area contributed by atoms with Crippen molar-refractivity contribution in [2.75, 3.05) is 13.1 Å². The van der Waals surface area contributed by atoms with E-state index < -0.39 is 0 Å². The number of aromatic hydroxyl groups is 1. The second kappa shape index (κ2) is 6.58. The molecule has 4 rings (SSSR count). The highest BCUT2D eigenvalue weighted by Crippen LogP contribution is 2.32. The highest BCUT2D eigenvalue weighted by molar-refractivity contribution is 5.86. The van der Waals surface area contributed by atoms with Crippen LogP contribution in [0, 0.1) is 11.3 Å². The Labute approximate surface area is 146 Å². The van der Waals surface area contributed by atoms with Crippen LogP contribution in [0.3, 0.4) is 0 Å². The van der Waals surface area contributed by atoms with Gasteiger partial charge in [0, 0.05) is 35.7 Å². The van der Waals surface area contributed by atoms with Crippen LogP contribution in [-0.2, 0) is 6.54 Å². The number of nitrogens with zero attached hydrogens (tertiary/aromatic N) is 3. The standard InChI is InChI=1S/C20H20N4O/c21-11-14-6-3-8-17-19(14)22-23-20(17)16-7-4-10-24(13-16)12-15-5-1-2-9-18(15)25/h1-3,5-6,8-9,16,25H,4,7,10,12-13H2,(H,22,23)/t16-/m1/s1. The number of benzene rings is 2. The van der Waals surface area contributed by atoms with Crippen LogP contribution >= 0.6 is 0 Å². The minimum absolute atomic E-state index is 0.357. The summed E-state index contributed by atoms with van der Waals surface area (Å²) >= 11 is 0. The van der Waals surface area contributed by atoms with Gasteiger partial charge < -0.3 is 5.11 Å². The van der Waals surface area contributed by atoms with Crippen molar-refractivity contribution in [2.45, 2.75) is 25.3 Å². The van der Waals surface area contributed by atoms with E-state index in [2.05, 4.69) is 21.2 Å². The zero-order valence-electron chi connectivity index (χ0n) is 13.9. The van der Waals surface area contributed by atoms with Gasteiger partial charge in [0.2, 0.25) is 0 Å². The van der Waals surface area contributed by atoms with Gasteiger partial charge in [0.15, 0.2) is 0 Å². The number of phenols is 1. The van der Waals surface area contributed by atoms with Gasteiger partial charge in [-0.1, -0.05) is 30.3 Å². The Hall–Kier alpha value is -2.84. The quantitative estimate of drug-likeness (QED) is 0.769. The van der Waals surface area contributed by atoms with Gasteiger partial charge in [-0.3, -0.25) is 10.00 Å². The van der Waals surface area contributed by atoms with Gasteiger partial charge in [-0.15, -0.1) is 0 Å². The fourth-order valence-electron chi connectivity index (χ4n) is 3.78. The van der Waals surface area contributed by atoms with Gasteiger partial charge in [-0.05, 0) is 31.5 Å². The van der Waals surface area contributed by atoms with Crippen LogP contribution < -0.4 is 0 Å². The van der Waals surface area contributed by atoms with Crippen LogP contribution in [0.5, 0.6) is 5.75 Å². The lowest BCUT2D eigenvalue weighted by Gasteiger charge is -2.32. The number of piperidine rings is 1. The minimum Gasteiger partial charge on any atom is -0.508 e. The second-order valence-electron chi connectivity index (χ2n) is 6.65. The Balaban J connectivity index is 1.58. The van der Waals surface area contributed by atoms with E-state index in [1.165, 1.54) is 0 Å². The van der Waals surface area contributed by atoms with Crippen LogP contribution in [0.4, 0.5) is 0 Å². The van der Waals surface area contributed by atoms with Gasteiger partial charge >= 0.3 is 0 Å². The highest BCUT2D eigenvalue weighted by Gasteiger charge is 2.25. The molecule has 1 saturated heterocycles. The number of hydrogen-bond donors (Lipinski definition) is 2. The molecule has 126 valence electrons. The van der Waals surface area contributed by atoms with E-state index in [4.69, 9.17) is 0 Å². The van der Waals surface area contributed by atoms with Crippen molar-refractivity contribution in [3.05, 3.63) is 59.3 Å². The fraction of sp³-hybridized carbons (Fsp3) is 0.300. The number of phenolic OH excluding ortho intramolecular Hbond substituents is 1. The summed E-state index contributed by atoms with van der Waals surface area (Å²) in [6.45, 7) is 2.70. The molecule has 1 aliphatic heterocycles. The molecule has 0 spiro atoms. The van der Waals surface area contributed by atoms with E-state index in [1.54, 1.807) is 12.1 Å². The molecule has 0 aliphatic carbocycles. The summed E-state index contributed by atoms with van der Waals surface area (Å²) in [7, 11) is 0. The fourth-order valence-corrected chi connectivity index (χ4v) is 3.78. The van der Waals surface area contributed by atoms with Crippen molar-refractivity contribution < 1.29 is 5.11 Å². The summed E-state index contributed by atoms with van der Waals surface area (Å²) in [6, 6.07) is 15.5. The largest absolute Gasteiger partial charge is 0.508 e. The summed E-state index contributed by atoms with van der Waals surface area (Å²) in [5.74, 6) is 0.717. The van der Waals surface area contributed by atoms with E-state index >= 15 is 0 Å². The van der Waals surface area contributed by atoms with Crippen molar-refractivity contribution in [3.8, 4) is 11.8 Å². The Morgan fingerprint density at radius 1 is 1.24 bits per heavy atom. The van der Waals surface area contributed by atoms with E-state index in [-0.39, 0.29) is 0 Å². The summed E-state index contributed by atoms with van der Waals surface area (Å²) in [4.78, 5) is 2.38. The number of nitriles is 1. The highest BCUT2D eigenvalue weighted by atomic mass is 16.3. The number of likely N-dealkylation sites (tertiary alicyclic amines) is 1. The first-order valence-electron chi connectivity index (χ1n) is 8.62. The molecule has 5 heteroatoms. The number of aromatic amines is 1. The van der Waals surface area contributed by atoms with Gasteiger partial charge in [0.25, 0.3) is 0 Å². The molecule has 0 bridgehead atoms. The summed E-state index contributed by atoms with van der Waals surface area (Å²) in [6.07, 6.45) is 2.21. The lowest BCUT2D eigenvalue weighted by atomic mass is 9.92. The lowest BCUT2D eigenvalue weighted by Crippen LogP contribution is -2.34. The van der Waals surface area contributed by atoms with Gasteiger partial charge in [-0.25, -0.2) is 0 Å². The molecule has 2 N–H and O–H groups in total. The predicted molar refractivity (Wildman–Crippen MR) is 96.2 cm³/mol. The zero-order chi connectivity index (χ0) is 17.2. The third kappa shape index (κ3) is 2.97. The molecular formula is C20H20N4O. The molecule has 5 nitrogen and oxygen atoms in total. The lowest BCUT2D eigenvalue weighted by molar-refractivity contribution is 0.197. The first kappa shape index (κ1) is 15.7. The third-order valence-corrected chi connectivity index (χ3v) is 5.03. The molecule has 0 unspecified atom stereocenters. The number of fused-ring (bicyclic) bond motifs is 1. The summed E-state index contributed by atoms with van der Waals surface area (Å²) in [5.41, 5.74) is 3.46. The average Bonchev–Trinajstić information content (AvgIpc) is 3.08. The minimum atomic E-state index is 0.357. The maximum atomic E-state index is 10.0. The molecule has 1 fully saturated rings. The van der Waals surface area contributed by atoms with Crippen molar-refractivity contribution >= 4 is 10.9 Å². The molecule has 3 aromatic rings. The molecule has 2 heterocycles. The first-order chi connectivity index (χ1) is 12.3. The van der Waals surface area contributed by atoms with Crippen LogP contribution in [-0.4, -0.2) is 33.3 Å². The van der Waals surface area contributed by atoms with Crippen molar-refractivity contribution in [3.63, 3.8) is 0 Å². The van der Waals surface area contributed by atoms with Gasteiger partial charge in [-0.2, -0.15) is 10.4 Å². The monoisotopic (exact) mass is 332 g/mol. The molecule has 2 aromatic carbocycles. The van der Waals surface area contributed by atoms with Crippen molar-refractivity contribution in [1.29, 1.82) is 5.26 Å². The number of nitrogens with one attached hydrogen (secondary N) is 1. The van der Waals surface area contributed by atoms with E-state index in [9.17, 15) is 10.4 Å². The molecule has 0 radical (unpaired) electrons. The molecule has 0 amide bonds. The van der Waals surface area contributed by atoms with Gasteiger partial charge in [0.05, 0.1) is 5.56 Å². The molecule has 1 aliphatic rings. The Morgan fingerprint density at radius 3 is 2.96 bits per heavy atom. The molecule has 1 aromatic heterocycles. The molecule has 1 atom stereocenters. The van der Waals surface area contributed by atoms with Crippen molar-refractivity contribution in [1.82, 2.24) is 15.1 Å². The Kier molecular flexibility index (Phi) is 4.12. The molecule has 25 heavy (non-hydrogen) atoms. The van der Waals surface area contributed by atoms with Crippen molar-refractivity contribution in [2.24, 2.45) is 0 Å². The molecular weight excluding hydrogens is 312 g/mol. The first-order valence-corrected chi connectivity index (χ1v) is 8.62. The van der Waals surface area contributed by atoms with E-state index in [1.807, 2.05) is 30.3 Å². The Morgan fingerprint density at radius 2 is 2.12 bits per heavy atom. The third-order valence-electron chi connectivity index (χ3n) is 5.03. The number of para-hydroxylation sites is 2. The second-order valence-corrected chi connectivity index (χ2v) is 6.65. The summed E-state index contributed by atoms with van der Waals surface area (Å²) in [5, 5.41) is 27.9. The number of H-pyrrole nitrogens is 1. The van der Waals surface area contributed by atoms with E-state index in [0.29, 0.717) is 17.2 Å². The predicted octanol–water partition coefficient (Wildman–Crippen LogP) is 3.52. The number of hydrogen-bond acceptors (Lipinski definition) is 4. The Bertz CT molecular complexity index is 940. The zero-order valence-corrected chi connectivity index (χ0v) is 13.9. The maximum absolute atomic E-state index is 10.0. The topological polar surface area (TPSA) is 75.9 Å². The summed E-state index contributed by atoms with van der Waals surface area (Å²) < 4.78 is 0. The number of rotatable bonds is 3. The maximum Gasteiger partial charge on any atom is 0.120 e. The van der Waals surface area contributed by atoms with Crippen LogP contribution in [0.25, 0.3) is 10.9 Å². The van der Waals surface area contributed by atoms with Crippen LogP contribution in [0.1, 0.15) is 35.6 Å². The van der Waals surface area contributed by atoms with E-state index in [0.717, 1.165) is 54.6 Å². The SMILES string of the molecule is N#Cc1cccc2c([C@@H]3CCCN(Cc4ccccc4O)C3)[nH]nc12. The normalized spacial score (nSPS) is 18.3. The van der Waals surface area contributed by atoms with Gasteiger partial charge in [0.1, 0.15) is 17.3 Å². The smallest absolute Gasteiger partial charge is 0.120 e. The number of aromatic nitrogens is 2. The molecule has 0 saturated carbocycles.